The molecule has 12 heavy (non-hydrogen) atoms. The lowest BCUT2D eigenvalue weighted by Gasteiger charge is -2.09. The fourth-order valence-corrected chi connectivity index (χ4v) is 1.35. The van der Waals surface area contributed by atoms with E-state index >= 15 is 0 Å². The highest BCUT2D eigenvalue weighted by atomic mass is 35.5. The summed E-state index contributed by atoms with van der Waals surface area (Å²) in [6.07, 6.45) is 1.23. The van der Waals surface area contributed by atoms with Gasteiger partial charge in [-0.25, -0.2) is 9.97 Å². The molecule has 0 aliphatic carbocycles. The Labute approximate surface area is 79.3 Å². The molecule has 0 radical (unpaired) electrons. The minimum absolute atomic E-state index is 0.177. The summed E-state index contributed by atoms with van der Waals surface area (Å²) < 4.78 is 0. The van der Waals surface area contributed by atoms with Crippen molar-refractivity contribution in [3.8, 4) is 0 Å². The van der Waals surface area contributed by atoms with Gasteiger partial charge in [-0.3, -0.25) is 0 Å². The van der Waals surface area contributed by atoms with E-state index in [1.54, 1.807) is 0 Å². The Morgan fingerprint density at radius 3 is 2.33 bits per heavy atom. The molecule has 0 aromatic carbocycles. The molecule has 0 amide bonds. The van der Waals surface area contributed by atoms with Crippen LogP contribution in [0, 0.1) is 0 Å². The number of nitrogens with zero attached hydrogens (tertiary/aromatic N) is 2. The first kappa shape index (κ1) is 9.67. The second kappa shape index (κ2) is 4.00. The first-order valence-corrected chi connectivity index (χ1v) is 3.94. The predicted octanol–water partition coefficient (Wildman–Crippen LogP) is 0.776. The van der Waals surface area contributed by atoms with Crippen LogP contribution in [0.25, 0.3) is 0 Å². The van der Waals surface area contributed by atoms with Gasteiger partial charge < -0.3 is 10.8 Å². The van der Waals surface area contributed by atoms with Gasteiger partial charge in [0.15, 0.2) is 0 Å². The highest BCUT2D eigenvalue weighted by Crippen LogP contribution is 2.24. The van der Waals surface area contributed by atoms with Crippen LogP contribution in [0.4, 0.5) is 0 Å². The Kier molecular flexibility index (Phi) is 3.22. The van der Waals surface area contributed by atoms with Gasteiger partial charge in [0.05, 0.1) is 12.6 Å². The molecule has 0 aliphatic rings. The van der Waals surface area contributed by atoms with Gasteiger partial charge in [0.25, 0.3) is 0 Å². The lowest BCUT2D eigenvalue weighted by Crippen LogP contribution is -2.16. The second-order valence-corrected chi connectivity index (χ2v) is 2.87. The maximum atomic E-state index is 8.74. The Balaban J connectivity index is 3.12. The average Bonchev–Trinajstić information content (AvgIpc) is 2.03. The lowest BCUT2D eigenvalue weighted by molar-refractivity contribution is 0.267. The number of aromatic nitrogens is 2. The molecule has 66 valence electrons. The minimum atomic E-state index is -0.633. The van der Waals surface area contributed by atoms with E-state index in [2.05, 4.69) is 9.97 Å². The van der Waals surface area contributed by atoms with E-state index in [0.717, 1.165) is 0 Å². The molecule has 0 spiro atoms. The summed E-state index contributed by atoms with van der Waals surface area (Å²) in [5.74, 6) is 0. The number of hydrogen-bond donors (Lipinski definition) is 2. The van der Waals surface area contributed by atoms with Crippen LogP contribution in [0.2, 0.25) is 10.3 Å². The minimum Gasteiger partial charge on any atom is -0.394 e. The molecule has 0 saturated heterocycles. The van der Waals surface area contributed by atoms with Crippen LogP contribution < -0.4 is 5.73 Å². The molecule has 1 atom stereocenters. The van der Waals surface area contributed by atoms with E-state index < -0.39 is 6.04 Å². The Morgan fingerprint density at radius 2 is 1.92 bits per heavy atom. The topological polar surface area (TPSA) is 72.0 Å². The quantitative estimate of drug-likeness (QED) is 0.704. The first-order chi connectivity index (χ1) is 5.66. The molecule has 0 fully saturated rings. The van der Waals surface area contributed by atoms with E-state index in [9.17, 15) is 0 Å². The fourth-order valence-electron chi connectivity index (χ4n) is 0.752. The zero-order chi connectivity index (χ0) is 9.14. The SMILES string of the molecule is N[C@H](CO)c1c(Cl)ncnc1Cl. The summed E-state index contributed by atoms with van der Waals surface area (Å²) in [6.45, 7) is -0.243. The molecule has 6 heteroatoms. The van der Waals surface area contributed by atoms with Crippen molar-refractivity contribution in [1.82, 2.24) is 9.97 Å². The summed E-state index contributed by atoms with van der Waals surface area (Å²) in [5.41, 5.74) is 5.88. The van der Waals surface area contributed by atoms with Crippen LogP contribution in [0.3, 0.4) is 0 Å². The van der Waals surface area contributed by atoms with Gasteiger partial charge in [-0.05, 0) is 0 Å². The summed E-state index contributed by atoms with van der Waals surface area (Å²) in [7, 11) is 0. The number of aliphatic hydroxyl groups excluding tert-OH is 1. The van der Waals surface area contributed by atoms with Crippen molar-refractivity contribution in [2.24, 2.45) is 5.73 Å². The number of rotatable bonds is 2. The van der Waals surface area contributed by atoms with E-state index in [1.165, 1.54) is 6.33 Å². The molecule has 1 heterocycles. The van der Waals surface area contributed by atoms with E-state index in [4.69, 9.17) is 34.0 Å². The lowest BCUT2D eigenvalue weighted by atomic mass is 10.2. The molecule has 1 aromatic heterocycles. The molecule has 4 nitrogen and oxygen atoms in total. The Hall–Kier alpha value is -0.420. The zero-order valence-corrected chi connectivity index (χ0v) is 7.55. The molecule has 0 saturated carbocycles. The van der Waals surface area contributed by atoms with Crippen molar-refractivity contribution < 1.29 is 5.11 Å². The van der Waals surface area contributed by atoms with Gasteiger partial charge in [-0.1, -0.05) is 23.2 Å². The smallest absolute Gasteiger partial charge is 0.138 e. The van der Waals surface area contributed by atoms with Gasteiger partial charge in [0.2, 0.25) is 0 Å². The Bertz CT molecular complexity index is 261. The van der Waals surface area contributed by atoms with Crippen molar-refractivity contribution in [2.45, 2.75) is 6.04 Å². The van der Waals surface area contributed by atoms with Crippen molar-refractivity contribution in [3.05, 3.63) is 22.2 Å². The van der Waals surface area contributed by atoms with Crippen molar-refractivity contribution in [3.63, 3.8) is 0 Å². The van der Waals surface area contributed by atoms with E-state index in [-0.39, 0.29) is 16.9 Å². The van der Waals surface area contributed by atoms with Gasteiger partial charge in [-0.2, -0.15) is 0 Å². The maximum absolute atomic E-state index is 8.74. The highest BCUT2D eigenvalue weighted by Gasteiger charge is 2.14. The summed E-state index contributed by atoms with van der Waals surface area (Å²) in [5, 5.41) is 9.09. The van der Waals surface area contributed by atoms with Gasteiger partial charge in [-0.15, -0.1) is 0 Å². The van der Waals surface area contributed by atoms with Crippen LogP contribution in [-0.4, -0.2) is 21.7 Å². The molecular formula is C6H7Cl2N3O. The third kappa shape index (κ3) is 1.84. The van der Waals surface area contributed by atoms with Crippen LogP contribution in [0.15, 0.2) is 6.33 Å². The van der Waals surface area contributed by atoms with Gasteiger partial charge in [0, 0.05) is 5.56 Å². The van der Waals surface area contributed by atoms with Gasteiger partial charge in [0.1, 0.15) is 16.6 Å². The zero-order valence-electron chi connectivity index (χ0n) is 6.04. The number of hydrogen-bond acceptors (Lipinski definition) is 4. The number of nitrogens with two attached hydrogens (primary N) is 1. The second-order valence-electron chi connectivity index (χ2n) is 2.16. The summed E-state index contributed by atoms with van der Waals surface area (Å²) in [6, 6.07) is -0.633. The van der Waals surface area contributed by atoms with Crippen molar-refractivity contribution in [1.29, 1.82) is 0 Å². The van der Waals surface area contributed by atoms with Crippen molar-refractivity contribution in [2.75, 3.05) is 6.61 Å². The highest BCUT2D eigenvalue weighted by molar-refractivity contribution is 6.34. The normalized spacial score (nSPS) is 13.0. The molecule has 3 N–H and O–H groups in total. The third-order valence-electron chi connectivity index (χ3n) is 1.35. The molecular weight excluding hydrogens is 201 g/mol. The average molecular weight is 208 g/mol. The predicted molar refractivity (Wildman–Crippen MR) is 46.1 cm³/mol. The fraction of sp³-hybridized carbons (Fsp3) is 0.333. The molecule has 0 bridgehead atoms. The van der Waals surface area contributed by atoms with Gasteiger partial charge >= 0.3 is 0 Å². The monoisotopic (exact) mass is 207 g/mol. The number of aliphatic hydroxyl groups is 1. The third-order valence-corrected chi connectivity index (χ3v) is 1.96. The standard InChI is InChI=1S/C6H7Cl2N3O/c7-5-4(3(9)1-12)6(8)11-2-10-5/h2-3,12H,1,9H2/t3-/m1/s1. The molecule has 0 unspecified atom stereocenters. The van der Waals surface area contributed by atoms with Crippen LogP contribution in [0.5, 0.6) is 0 Å². The first-order valence-electron chi connectivity index (χ1n) is 3.19. The number of halogens is 2. The van der Waals surface area contributed by atoms with E-state index in [0.29, 0.717) is 5.56 Å². The largest absolute Gasteiger partial charge is 0.394 e. The van der Waals surface area contributed by atoms with Crippen LogP contribution in [-0.2, 0) is 0 Å². The molecule has 1 aromatic rings. The molecule has 0 aliphatic heterocycles. The maximum Gasteiger partial charge on any atom is 0.138 e. The summed E-state index contributed by atoms with van der Waals surface area (Å²) >= 11 is 11.4. The Morgan fingerprint density at radius 1 is 1.42 bits per heavy atom. The summed E-state index contributed by atoms with van der Waals surface area (Å²) in [4.78, 5) is 7.38. The van der Waals surface area contributed by atoms with Crippen LogP contribution >= 0.6 is 23.2 Å². The van der Waals surface area contributed by atoms with Crippen molar-refractivity contribution >= 4 is 23.2 Å². The molecule has 1 rings (SSSR count). The van der Waals surface area contributed by atoms with Crippen LogP contribution in [0.1, 0.15) is 11.6 Å². The van der Waals surface area contributed by atoms with E-state index in [1.807, 2.05) is 0 Å².